The maximum absolute atomic E-state index is 5.53. The summed E-state index contributed by atoms with van der Waals surface area (Å²) in [6.07, 6.45) is 13.1. The summed E-state index contributed by atoms with van der Waals surface area (Å²) in [5.74, 6) is 0. The van der Waals surface area contributed by atoms with Crippen molar-refractivity contribution in [3.8, 4) is 11.1 Å². The summed E-state index contributed by atoms with van der Waals surface area (Å²) in [5.41, 5.74) is 13.1. The van der Waals surface area contributed by atoms with E-state index in [0.29, 0.717) is 0 Å². The number of rotatable bonds is 10. The van der Waals surface area contributed by atoms with Gasteiger partial charge in [0.25, 0.3) is 0 Å². The van der Waals surface area contributed by atoms with Crippen LogP contribution < -0.4 is 5.73 Å². The van der Waals surface area contributed by atoms with Crippen LogP contribution in [0.25, 0.3) is 11.1 Å². The zero-order valence-electron chi connectivity index (χ0n) is 14.9. The van der Waals surface area contributed by atoms with Gasteiger partial charge < -0.3 is 5.73 Å². The zero-order valence-corrected chi connectivity index (χ0v) is 14.9. The van der Waals surface area contributed by atoms with E-state index in [-0.39, 0.29) is 0 Å². The van der Waals surface area contributed by atoms with E-state index in [2.05, 4.69) is 42.5 Å². The molecular weight excluding hydrogens is 290 g/mol. The summed E-state index contributed by atoms with van der Waals surface area (Å²) in [6.45, 7) is 0.852. The van der Waals surface area contributed by atoms with Crippen LogP contribution in [0.1, 0.15) is 68.1 Å². The lowest BCUT2D eigenvalue weighted by Gasteiger charge is -2.08. The lowest BCUT2D eigenvalue weighted by molar-refractivity contribution is 0.569. The highest BCUT2D eigenvalue weighted by Gasteiger charge is 2.19. The quantitative estimate of drug-likeness (QED) is 0.464. The average Bonchev–Trinajstić information content (AvgIpc) is 3.00. The third-order valence-electron chi connectivity index (χ3n) is 5.35. The van der Waals surface area contributed by atoms with Crippen LogP contribution in [0.3, 0.4) is 0 Å². The SMILES string of the molecule is NCCCCCCCCCCc1cccc2c1Cc1ccccc1-2. The maximum Gasteiger partial charge on any atom is -0.00107 e. The molecule has 0 fully saturated rings. The van der Waals surface area contributed by atoms with Crippen molar-refractivity contribution in [3.63, 3.8) is 0 Å². The molecule has 2 aromatic rings. The fraction of sp³-hybridized carbons (Fsp3) is 0.478. The number of hydrogen-bond acceptors (Lipinski definition) is 1. The van der Waals surface area contributed by atoms with Crippen LogP contribution in [-0.4, -0.2) is 6.54 Å². The summed E-state index contributed by atoms with van der Waals surface area (Å²) in [7, 11) is 0. The molecule has 0 atom stereocenters. The standard InChI is InChI=1S/C23H31N/c24-17-10-6-4-2-1-3-5-7-12-19-14-11-16-22-21-15-9-8-13-20(21)18-23(19)22/h8-9,11,13-16H,1-7,10,12,17-18,24H2. The minimum atomic E-state index is 0.852. The first-order chi connectivity index (χ1) is 11.9. The highest BCUT2D eigenvalue weighted by atomic mass is 14.5. The minimum Gasteiger partial charge on any atom is -0.330 e. The lowest BCUT2D eigenvalue weighted by Crippen LogP contribution is -1.97. The van der Waals surface area contributed by atoms with Crippen molar-refractivity contribution in [1.29, 1.82) is 0 Å². The normalized spacial score (nSPS) is 12.2. The van der Waals surface area contributed by atoms with Crippen LogP contribution in [0.4, 0.5) is 0 Å². The number of aryl methyl sites for hydroxylation is 1. The zero-order chi connectivity index (χ0) is 16.6. The van der Waals surface area contributed by atoms with Crippen molar-refractivity contribution in [2.24, 2.45) is 5.73 Å². The van der Waals surface area contributed by atoms with Gasteiger partial charge in [-0.1, -0.05) is 81.0 Å². The minimum absolute atomic E-state index is 0.852. The van der Waals surface area contributed by atoms with Crippen molar-refractivity contribution < 1.29 is 0 Å². The predicted molar refractivity (Wildman–Crippen MR) is 104 cm³/mol. The van der Waals surface area contributed by atoms with Gasteiger partial charge in [-0.05, 0) is 60.0 Å². The van der Waals surface area contributed by atoms with E-state index >= 15 is 0 Å². The van der Waals surface area contributed by atoms with Crippen molar-refractivity contribution in [3.05, 3.63) is 59.2 Å². The van der Waals surface area contributed by atoms with Gasteiger partial charge >= 0.3 is 0 Å². The second-order valence-corrected chi connectivity index (χ2v) is 7.14. The summed E-state index contributed by atoms with van der Waals surface area (Å²) in [6, 6.07) is 15.8. The van der Waals surface area contributed by atoms with Crippen LogP contribution in [-0.2, 0) is 12.8 Å². The summed E-state index contributed by atoms with van der Waals surface area (Å²) >= 11 is 0. The molecule has 0 aliphatic heterocycles. The molecule has 0 aromatic heterocycles. The fourth-order valence-electron chi connectivity index (χ4n) is 3.98. The molecule has 3 rings (SSSR count). The number of unbranched alkanes of at least 4 members (excludes halogenated alkanes) is 7. The highest BCUT2D eigenvalue weighted by molar-refractivity contribution is 5.77. The summed E-state index contributed by atoms with van der Waals surface area (Å²) < 4.78 is 0. The van der Waals surface area contributed by atoms with E-state index in [1.165, 1.54) is 74.5 Å². The Morgan fingerprint density at radius 3 is 2.12 bits per heavy atom. The van der Waals surface area contributed by atoms with E-state index in [4.69, 9.17) is 5.73 Å². The Morgan fingerprint density at radius 2 is 1.33 bits per heavy atom. The second-order valence-electron chi connectivity index (χ2n) is 7.14. The molecule has 1 aliphatic carbocycles. The van der Waals surface area contributed by atoms with Crippen molar-refractivity contribution in [2.75, 3.05) is 6.54 Å². The number of hydrogen-bond donors (Lipinski definition) is 1. The van der Waals surface area contributed by atoms with Crippen LogP contribution in [0.5, 0.6) is 0 Å². The van der Waals surface area contributed by atoms with Crippen molar-refractivity contribution in [1.82, 2.24) is 0 Å². The molecule has 128 valence electrons. The molecule has 1 nitrogen and oxygen atoms in total. The molecule has 0 saturated heterocycles. The Bertz CT molecular complexity index is 644. The molecule has 0 spiro atoms. The molecule has 0 radical (unpaired) electrons. The van der Waals surface area contributed by atoms with Crippen LogP contribution in [0.2, 0.25) is 0 Å². The number of fused-ring (bicyclic) bond motifs is 3. The van der Waals surface area contributed by atoms with E-state index < -0.39 is 0 Å². The molecule has 0 heterocycles. The van der Waals surface area contributed by atoms with E-state index in [1.54, 1.807) is 11.1 Å². The van der Waals surface area contributed by atoms with Crippen molar-refractivity contribution in [2.45, 2.75) is 64.2 Å². The third-order valence-corrected chi connectivity index (χ3v) is 5.35. The van der Waals surface area contributed by atoms with Crippen molar-refractivity contribution >= 4 is 0 Å². The Labute approximate surface area is 147 Å². The largest absolute Gasteiger partial charge is 0.330 e. The second kappa shape index (κ2) is 9.03. The first-order valence-electron chi connectivity index (χ1n) is 9.79. The molecule has 0 amide bonds. The van der Waals surface area contributed by atoms with Crippen LogP contribution in [0, 0.1) is 0 Å². The fourth-order valence-corrected chi connectivity index (χ4v) is 3.98. The molecule has 0 bridgehead atoms. The van der Waals surface area contributed by atoms with E-state index in [9.17, 15) is 0 Å². The van der Waals surface area contributed by atoms with E-state index in [0.717, 1.165) is 13.0 Å². The van der Waals surface area contributed by atoms with Gasteiger partial charge in [0.1, 0.15) is 0 Å². The third kappa shape index (κ3) is 4.27. The van der Waals surface area contributed by atoms with Gasteiger partial charge in [-0.3, -0.25) is 0 Å². The molecule has 0 unspecified atom stereocenters. The Balaban J connectivity index is 1.43. The first-order valence-corrected chi connectivity index (χ1v) is 9.79. The maximum atomic E-state index is 5.53. The van der Waals surface area contributed by atoms with Crippen LogP contribution in [0.15, 0.2) is 42.5 Å². The molecule has 1 aliphatic rings. The van der Waals surface area contributed by atoms with Gasteiger partial charge in [0.05, 0.1) is 0 Å². The van der Waals surface area contributed by atoms with Gasteiger partial charge in [0.15, 0.2) is 0 Å². The molecule has 1 heteroatoms. The van der Waals surface area contributed by atoms with Gasteiger partial charge in [-0.2, -0.15) is 0 Å². The van der Waals surface area contributed by atoms with Crippen LogP contribution >= 0.6 is 0 Å². The molecule has 24 heavy (non-hydrogen) atoms. The van der Waals surface area contributed by atoms with Gasteiger partial charge in [-0.15, -0.1) is 0 Å². The van der Waals surface area contributed by atoms with E-state index in [1.807, 2.05) is 0 Å². The predicted octanol–water partition coefficient (Wildman–Crippen LogP) is 5.88. The molecule has 0 saturated carbocycles. The highest BCUT2D eigenvalue weighted by Crippen LogP contribution is 2.38. The first kappa shape index (κ1) is 17.2. The summed E-state index contributed by atoms with van der Waals surface area (Å²) in [4.78, 5) is 0. The Kier molecular flexibility index (Phi) is 6.48. The molecule has 2 N–H and O–H groups in total. The van der Waals surface area contributed by atoms with Gasteiger partial charge in [0, 0.05) is 0 Å². The summed E-state index contributed by atoms with van der Waals surface area (Å²) in [5, 5.41) is 0. The van der Waals surface area contributed by atoms with Gasteiger partial charge in [0.2, 0.25) is 0 Å². The molecular formula is C23H31N. The van der Waals surface area contributed by atoms with Gasteiger partial charge in [-0.25, -0.2) is 0 Å². The lowest BCUT2D eigenvalue weighted by atomic mass is 9.96. The molecule has 2 aromatic carbocycles. The topological polar surface area (TPSA) is 26.0 Å². The Morgan fingerprint density at radius 1 is 0.667 bits per heavy atom. The Hall–Kier alpha value is -1.60. The monoisotopic (exact) mass is 321 g/mol. The smallest absolute Gasteiger partial charge is 0.00107 e. The average molecular weight is 322 g/mol. The number of benzene rings is 2. The number of nitrogens with two attached hydrogens (primary N) is 1.